The molecule has 1 saturated heterocycles. The van der Waals surface area contributed by atoms with Crippen LogP contribution in [-0.4, -0.2) is 26.8 Å². The van der Waals surface area contributed by atoms with Gasteiger partial charge in [0.05, 0.1) is 10.1 Å². The van der Waals surface area contributed by atoms with E-state index in [0.717, 1.165) is 11.0 Å². The maximum absolute atomic E-state index is 12.1. The molecular weight excluding hydrogens is 278 g/mol. The molecule has 1 aliphatic rings. The quantitative estimate of drug-likeness (QED) is 0.899. The third kappa shape index (κ3) is 2.24. The van der Waals surface area contributed by atoms with Gasteiger partial charge in [0.2, 0.25) is 0 Å². The third-order valence-electron chi connectivity index (χ3n) is 2.60. The Labute approximate surface area is 97.9 Å². The summed E-state index contributed by atoms with van der Waals surface area (Å²) >= 11 is 3.29. The summed E-state index contributed by atoms with van der Waals surface area (Å²) in [5.41, 5.74) is 0. The van der Waals surface area contributed by atoms with Crippen molar-refractivity contribution in [3.63, 3.8) is 0 Å². The zero-order chi connectivity index (χ0) is 10.9. The predicted octanol–water partition coefficient (Wildman–Crippen LogP) is 1.58. The second-order valence-corrected chi connectivity index (χ2v) is 6.76. The first-order valence-corrected chi connectivity index (χ1v) is 7.15. The highest BCUT2D eigenvalue weighted by Crippen LogP contribution is 2.21. The molecule has 0 amide bonds. The molecule has 0 aromatic heterocycles. The van der Waals surface area contributed by atoms with E-state index in [9.17, 15) is 8.42 Å². The van der Waals surface area contributed by atoms with Crippen LogP contribution in [0.15, 0.2) is 33.6 Å². The summed E-state index contributed by atoms with van der Waals surface area (Å²) in [6.07, 6.45) is 0.707. The summed E-state index contributed by atoms with van der Waals surface area (Å²) in [4.78, 5) is 0.416. The molecule has 0 saturated carbocycles. The van der Waals surface area contributed by atoms with E-state index in [1.807, 2.05) is 0 Å². The smallest absolute Gasteiger partial charge is 0.182 e. The predicted molar refractivity (Wildman–Crippen MR) is 62.6 cm³/mol. The Bertz CT molecular complexity index is 435. The maximum Gasteiger partial charge on any atom is 0.182 e. The molecule has 1 aromatic rings. The molecule has 1 N–H and O–H groups in total. The lowest BCUT2D eigenvalue weighted by Crippen LogP contribution is -2.23. The molecule has 0 radical (unpaired) electrons. The third-order valence-corrected chi connectivity index (χ3v) is 5.33. The van der Waals surface area contributed by atoms with Crippen LogP contribution in [0.5, 0.6) is 0 Å². The molecule has 3 nitrogen and oxygen atoms in total. The lowest BCUT2D eigenvalue weighted by atomic mass is 10.4. The van der Waals surface area contributed by atoms with Crippen molar-refractivity contribution in [2.75, 3.05) is 13.1 Å². The summed E-state index contributed by atoms with van der Waals surface area (Å²) in [6, 6.07) is 6.82. The zero-order valence-electron chi connectivity index (χ0n) is 8.11. The van der Waals surface area contributed by atoms with Gasteiger partial charge in [0, 0.05) is 11.0 Å². The van der Waals surface area contributed by atoms with Crippen LogP contribution in [0.25, 0.3) is 0 Å². The first-order chi connectivity index (χ1) is 7.10. The number of rotatable bonds is 2. The number of sulfone groups is 1. The van der Waals surface area contributed by atoms with Gasteiger partial charge in [-0.25, -0.2) is 8.42 Å². The van der Waals surface area contributed by atoms with Crippen LogP contribution < -0.4 is 5.32 Å². The van der Waals surface area contributed by atoms with Crippen molar-refractivity contribution >= 4 is 25.8 Å². The molecule has 0 unspecified atom stereocenters. The lowest BCUT2D eigenvalue weighted by Gasteiger charge is -2.10. The van der Waals surface area contributed by atoms with Crippen molar-refractivity contribution in [1.29, 1.82) is 0 Å². The number of hydrogen-bond donors (Lipinski definition) is 1. The fraction of sp³-hybridized carbons (Fsp3) is 0.400. The van der Waals surface area contributed by atoms with Crippen molar-refractivity contribution < 1.29 is 8.42 Å². The average Bonchev–Trinajstić information content (AvgIpc) is 2.71. The van der Waals surface area contributed by atoms with E-state index in [1.54, 1.807) is 24.3 Å². The Morgan fingerprint density at radius 2 is 1.93 bits per heavy atom. The van der Waals surface area contributed by atoms with Crippen LogP contribution in [0, 0.1) is 0 Å². The van der Waals surface area contributed by atoms with Gasteiger partial charge >= 0.3 is 0 Å². The molecule has 0 aliphatic carbocycles. The second kappa shape index (κ2) is 4.23. The number of hydrogen-bond acceptors (Lipinski definition) is 3. The van der Waals surface area contributed by atoms with Gasteiger partial charge in [-0.05, 0) is 37.2 Å². The molecular formula is C10H12BrNO2S. The molecule has 1 aliphatic heterocycles. The van der Waals surface area contributed by atoms with Crippen molar-refractivity contribution in [1.82, 2.24) is 5.32 Å². The van der Waals surface area contributed by atoms with E-state index in [1.165, 1.54) is 0 Å². The monoisotopic (exact) mass is 289 g/mol. The highest BCUT2D eigenvalue weighted by molar-refractivity contribution is 9.10. The van der Waals surface area contributed by atoms with E-state index in [0.29, 0.717) is 17.9 Å². The highest BCUT2D eigenvalue weighted by atomic mass is 79.9. The normalized spacial score (nSPS) is 21.8. The minimum Gasteiger partial charge on any atom is -0.315 e. The SMILES string of the molecule is O=S(=O)(c1ccc(Br)cc1)[C@@H]1CCNC1. The van der Waals surface area contributed by atoms with Gasteiger partial charge in [0.15, 0.2) is 9.84 Å². The molecule has 0 bridgehead atoms. The van der Waals surface area contributed by atoms with Crippen LogP contribution in [0.3, 0.4) is 0 Å². The van der Waals surface area contributed by atoms with Gasteiger partial charge in [-0.3, -0.25) is 0 Å². The van der Waals surface area contributed by atoms with E-state index in [4.69, 9.17) is 0 Å². The average molecular weight is 290 g/mol. The minimum absolute atomic E-state index is 0.265. The van der Waals surface area contributed by atoms with E-state index < -0.39 is 9.84 Å². The van der Waals surface area contributed by atoms with Crippen LogP contribution in [0.2, 0.25) is 0 Å². The number of nitrogens with one attached hydrogen (secondary N) is 1. The number of benzene rings is 1. The Morgan fingerprint density at radius 1 is 1.27 bits per heavy atom. The van der Waals surface area contributed by atoms with Gasteiger partial charge in [0.1, 0.15) is 0 Å². The van der Waals surface area contributed by atoms with Crippen LogP contribution in [0.4, 0.5) is 0 Å². The van der Waals surface area contributed by atoms with E-state index in [2.05, 4.69) is 21.2 Å². The fourth-order valence-electron chi connectivity index (χ4n) is 1.71. The topological polar surface area (TPSA) is 46.2 Å². The largest absolute Gasteiger partial charge is 0.315 e. The van der Waals surface area contributed by atoms with Crippen molar-refractivity contribution in [3.8, 4) is 0 Å². The van der Waals surface area contributed by atoms with Crippen molar-refractivity contribution in [2.24, 2.45) is 0 Å². The van der Waals surface area contributed by atoms with Crippen LogP contribution in [-0.2, 0) is 9.84 Å². The van der Waals surface area contributed by atoms with Gasteiger partial charge < -0.3 is 5.32 Å². The summed E-state index contributed by atoms with van der Waals surface area (Å²) in [7, 11) is -3.14. The minimum atomic E-state index is -3.14. The Hall–Kier alpha value is -0.390. The van der Waals surface area contributed by atoms with Gasteiger partial charge in [-0.1, -0.05) is 15.9 Å². The molecule has 2 rings (SSSR count). The highest BCUT2D eigenvalue weighted by Gasteiger charge is 2.29. The van der Waals surface area contributed by atoms with E-state index >= 15 is 0 Å². The summed E-state index contributed by atoms with van der Waals surface area (Å²) in [6.45, 7) is 1.36. The Balaban J connectivity index is 2.32. The second-order valence-electron chi connectivity index (χ2n) is 3.61. The molecule has 1 fully saturated rings. The molecule has 1 heterocycles. The Kier molecular flexibility index (Phi) is 3.13. The molecule has 82 valence electrons. The van der Waals surface area contributed by atoms with Gasteiger partial charge in [0.25, 0.3) is 0 Å². The van der Waals surface area contributed by atoms with Crippen LogP contribution in [0.1, 0.15) is 6.42 Å². The van der Waals surface area contributed by atoms with Crippen LogP contribution >= 0.6 is 15.9 Å². The molecule has 15 heavy (non-hydrogen) atoms. The lowest BCUT2D eigenvalue weighted by molar-refractivity contribution is 0.583. The Morgan fingerprint density at radius 3 is 2.47 bits per heavy atom. The molecule has 1 aromatic carbocycles. The number of halogens is 1. The maximum atomic E-state index is 12.1. The fourth-order valence-corrected chi connectivity index (χ4v) is 3.64. The van der Waals surface area contributed by atoms with Crippen molar-refractivity contribution in [2.45, 2.75) is 16.6 Å². The molecule has 0 spiro atoms. The summed E-state index contributed by atoms with van der Waals surface area (Å²) in [5.74, 6) is 0. The van der Waals surface area contributed by atoms with Gasteiger partial charge in [-0.2, -0.15) is 0 Å². The summed E-state index contributed by atoms with van der Waals surface area (Å²) in [5, 5.41) is 2.81. The molecule has 5 heteroatoms. The molecule has 1 atom stereocenters. The van der Waals surface area contributed by atoms with Crippen molar-refractivity contribution in [3.05, 3.63) is 28.7 Å². The first-order valence-electron chi connectivity index (χ1n) is 4.81. The van der Waals surface area contributed by atoms with Gasteiger partial charge in [-0.15, -0.1) is 0 Å². The first kappa shape index (κ1) is 11.1. The zero-order valence-corrected chi connectivity index (χ0v) is 10.5. The summed E-state index contributed by atoms with van der Waals surface area (Å²) < 4.78 is 25.1. The van der Waals surface area contributed by atoms with E-state index in [-0.39, 0.29) is 5.25 Å². The standard InChI is InChI=1S/C10H12BrNO2S/c11-8-1-3-9(4-2-8)15(13,14)10-5-6-12-7-10/h1-4,10,12H,5-7H2/t10-/m1/s1.